The maximum atomic E-state index is 6.03. The van der Waals surface area contributed by atoms with Gasteiger partial charge in [-0.25, -0.2) is 0 Å². The molecule has 0 spiro atoms. The summed E-state index contributed by atoms with van der Waals surface area (Å²) in [5.74, 6) is 0. The molecule has 0 bridgehead atoms. The van der Waals surface area contributed by atoms with Crippen LogP contribution in [-0.4, -0.2) is 15.7 Å². The van der Waals surface area contributed by atoms with Gasteiger partial charge in [0.05, 0.1) is 6.61 Å². The smallest absolute Gasteiger partial charge is 0.337 e. The summed E-state index contributed by atoms with van der Waals surface area (Å²) in [6.45, 7) is 8.66. The molecule has 1 aromatic carbocycles. The maximum absolute atomic E-state index is 6.03. The zero-order valence-corrected chi connectivity index (χ0v) is 12.0. The molecule has 0 unspecified atom stereocenters. The highest BCUT2D eigenvalue weighted by Crippen LogP contribution is 2.19. The molecule has 3 heteroatoms. The van der Waals surface area contributed by atoms with Crippen LogP contribution in [0.5, 0.6) is 0 Å². The van der Waals surface area contributed by atoms with Gasteiger partial charge in [0.15, 0.2) is 0 Å². The molecule has 0 amide bonds. The highest BCUT2D eigenvalue weighted by Gasteiger charge is 2.31. The lowest BCUT2D eigenvalue weighted by molar-refractivity contribution is 0.191. The Bertz CT molecular complexity index is 333. The molecule has 1 rings (SSSR count). The van der Waals surface area contributed by atoms with Crippen molar-refractivity contribution in [3.05, 3.63) is 42.0 Å². The second kappa shape index (κ2) is 6.74. The number of hydrogen-bond acceptors (Lipinski definition) is 2. The van der Waals surface area contributed by atoms with E-state index in [0.717, 1.165) is 17.7 Å². The van der Waals surface area contributed by atoms with E-state index in [2.05, 4.69) is 44.7 Å². The van der Waals surface area contributed by atoms with E-state index in [0.29, 0.717) is 6.61 Å². The number of rotatable bonds is 7. The van der Waals surface area contributed by atoms with Gasteiger partial charge in [0.25, 0.3) is 0 Å². The predicted octanol–water partition coefficient (Wildman–Crippen LogP) is 3.97. The minimum absolute atomic E-state index is 0.638. The molecule has 0 radical (unpaired) electrons. The lowest BCUT2D eigenvalue weighted by Crippen LogP contribution is -2.39. The fourth-order valence-electron chi connectivity index (χ4n) is 1.77. The highest BCUT2D eigenvalue weighted by molar-refractivity contribution is 6.67. The molecule has 0 heterocycles. The molecule has 0 aromatic heterocycles. The molecular weight excluding hydrogens is 228 g/mol. The zero-order valence-electron chi connectivity index (χ0n) is 11.0. The quantitative estimate of drug-likeness (QED) is 0.682. The average molecular weight is 250 g/mol. The van der Waals surface area contributed by atoms with Gasteiger partial charge in [0.2, 0.25) is 0 Å². The van der Waals surface area contributed by atoms with Gasteiger partial charge in [-0.1, -0.05) is 50.8 Å². The van der Waals surface area contributed by atoms with Crippen molar-refractivity contribution in [3.63, 3.8) is 0 Å². The molecule has 0 aliphatic carbocycles. The molecule has 0 fully saturated rings. The van der Waals surface area contributed by atoms with Gasteiger partial charge >= 0.3 is 8.56 Å². The molecule has 0 aliphatic rings. The first-order valence-electron chi connectivity index (χ1n) is 6.10. The minimum atomic E-state index is -1.94. The van der Waals surface area contributed by atoms with Crippen LogP contribution < -0.4 is 0 Å². The maximum Gasteiger partial charge on any atom is 0.337 e. The van der Waals surface area contributed by atoms with Gasteiger partial charge in [-0.15, -0.1) is 0 Å². The van der Waals surface area contributed by atoms with Gasteiger partial charge in [0, 0.05) is 7.11 Å². The van der Waals surface area contributed by atoms with Crippen LogP contribution in [0.3, 0.4) is 0 Å². The molecule has 0 saturated heterocycles. The highest BCUT2D eigenvalue weighted by atomic mass is 28.4. The van der Waals surface area contributed by atoms with Crippen molar-refractivity contribution in [2.24, 2.45) is 0 Å². The standard InChI is InChI=1S/C14H22O2Si/c1-5-13-8-10-14(11-9-13)12-16-17(6-2,7-3)15-4/h5,8-11H,1,6-7,12H2,2-4H3. The van der Waals surface area contributed by atoms with Crippen molar-refractivity contribution in [1.29, 1.82) is 0 Å². The van der Waals surface area contributed by atoms with Crippen LogP contribution in [0.15, 0.2) is 30.8 Å². The van der Waals surface area contributed by atoms with Gasteiger partial charge in [0.1, 0.15) is 0 Å². The summed E-state index contributed by atoms with van der Waals surface area (Å²) in [5, 5.41) is 0. The third kappa shape index (κ3) is 3.80. The first-order valence-corrected chi connectivity index (χ1v) is 8.33. The Morgan fingerprint density at radius 2 is 1.76 bits per heavy atom. The predicted molar refractivity (Wildman–Crippen MR) is 75.0 cm³/mol. The fraction of sp³-hybridized carbons (Fsp3) is 0.429. The minimum Gasteiger partial charge on any atom is -0.398 e. The van der Waals surface area contributed by atoms with Gasteiger partial charge in [-0.2, -0.15) is 0 Å². The van der Waals surface area contributed by atoms with E-state index >= 15 is 0 Å². The van der Waals surface area contributed by atoms with E-state index in [9.17, 15) is 0 Å². The van der Waals surface area contributed by atoms with Gasteiger partial charge < -0.3 is 8.85 Å². The van der Waals surface area contributed by atoms with Crippen LogP contribution in [0.1, 0.15) is 25.0 Å². The SMILES string of the molecule is C=Cc1ccc(CO[Si](CC)(CC)OC)cc1. The topological polar surface area (TPSA) is 18.5 Å². The monoisotopic (exact) mass is 250 g/mol. The van der Waals surface area contributed by atoms with Crippen LogP contribution in [0.4, 0.5) is 0 Å². The van der Waals surface area contributed by atoms with Crippen molar-refractivity contribution >= 4 is 14.6 Å². The van der Waals surface area contributed by atoms with E-state index in [-0.39, 0.29) is 0 Å². The Balaban J connectivity index is 2.62. The summed E-state index contributed by atoms with van der Waals surface area (Å²) in [5.41, 5.74) is 2.32. The Morgan fingerprint density at radius 3 is 2.18 bits per heavy atom. The van der Waals surface area contributed by atoms with Crippen molar-refractivity contribution in [1.82, 2.24) is 0 Å². The third-order valence-electron chi connectivity index (χ3n) is 3.17. The van der Waals surface area contributed by atoms with Crippen LogP contribution in [0.2, 0.25) is 12.1 Å². The summed E-state index contributed by atoms with van der Waals surface area (Å²) < 4.78 is 11.6. The molecule has 2 nitrogen and oxygen atoms in total. The average Bonchev–Trinajstić information content (AvgIpc) is 2.41. The van der Waals surface area contributed by atoms with Crippen molar-refractivity contribution in [2.45, 2.75) is 32.5 Å². The van der Waals surface area contributed by atoms with Crippen LogP contribution >= 0.6 is 0 Å². The first-order chi connectivity index (χ1) is 8.19. The molecule has 0 atom stereocenters. The largest absolute Gasteiger partial charge is 0.398 e. The molecule has 0 aliphatic heterocycles. The Labute approximate surface area is 106 Å². The lowest BCUT2D eigenvalue weighted by Gasteiger charge is -2.26. The van der Waals surface area contributed by atoms with Crippen molar-refractivity contribution < 1.29 is 8.85 Å². The molecule has 0 N–H and O–H groups in total. The van der Waals surface area contributed by atoms with E-state index in [1.54, 1.807) is 7.11 Å². The van der Waals surface area contributed by atoms with E-state index in [4.69, 9.17) is 8.85 Å². The van der Waals surface area contributed by atoms with Crippen LogP contribution in [-0.2, 0) is 15.5 Å². The molecular formula is C14H22O2Si. The van der Waals surface area contributed by atoms with E-state index in [1.807, 2.05) is 6.08 Å². The first kappa shape index (κ1) is 14.2. The lowest BCUT2D eigenvalue weighted by atomic mass is 10.1. The second-order valence-corrected chi connectivity index (χ2v) is 7.99. The molecule has 17 heavy (non-hydrogen) atoms. The fourth-order valence-corrected chi connectivity index (χ4v) is 3.80. The Kier molecular flexibility index (Phi) is 5.61. The van der Waals surface area contributed by atoms with Gasteiger partial charge in [-0.3, -0.25) is 0 Å². The normalized spacial score (nSPS) is 11.5. The van der Waals surface area contributed by atoms with E-state index in [1.165, 1.54) is 5.56 Å². The third-order valence-corrected chi connectivity index (χ3v) is 6.74. The van der Waals surface area contributed by atoms with Crippen LogP contribution in [0.25, 0.3) is 6.08 Å². The summed E-state index contributed by atoms with van der Waals surface area (Å²) in [7, 11) is -0.178. The zero-order chi connectivity index (χ0) is 12.7. The summed E-state index contributed by atoms with van der Waals surface area (Å²) in [6, 6.07) is 10.3. The number of benzene rings is 1. The van der Waals surface area contributed by atoms with Gasteiger partial charge in [-0.05, 0) is 23.2 Å². The van der Waals surface area contributed by atoms with Crippen molar-refractivity contribution in [3.8, 4) is 0 Å². The summed E-state index contributed by atoms with van der Waals surface area (Å²) in [4.78, 5) is 0. The summed E-state index contributed by atoms with van der Waals surface area (Å²) >= 11 is 0. The van der Waals surface area contributed by atoms with E-state index < -0.39 is 8.56 Å². The summed E-state index contributed by atoms with van der Waals surface area (Å²) in [6.07, 6.45) is 1.84. The molecule has 1 aromatic rings. The molecule has 0 saturated carbocycles. The Morgan fingerprint density at radius 1 is 1.18 bits per heavy atom. The number of hydrogen-bond donors (Lipinski definition) is 0. The second-order valence-electron chi connectivity index (χ2n) is 4.06. The molecule has 94 valence electrons. The Hall–Kier alpha value is -0.903. The van der Waals surface area contributed by atoms with Crippen LogP contribution in [0, 0.1) is 0 Å². The van der Waals surface area contributed by atoms with Crippen molar-refractivity contribution in [2.75, 3.05) is 7.11 Å².